The number of morpholine rings is 1. The molecule has 6 heteroatoms. The van der Waals surface area contributed by atoms with Crippen molar-refractivity contribution in [3.05, 3.63) is 0 Å². The van der Waals surface area contributed by atoms with Gasteiger partial charge in [-0.3, -0.25) is 9.69 Å². The van der Waals surface area contributed by atoms with Crippen LogP contribution in [0.2, 0.25) is 0 Å². The second-order valence-electron chi connectivity index (χ2n) is 6.79. The Balaban J connectivity index is 1.37. The Labute approximate surface area is 138 Å². The molecule has 1 amide bonds. The predicted octanol–water partition coefficient (Wildman–Crippen LogP) is 1.52. The lowest BCUT2D eigenvalue weighted by Gasteiger charge is -2.29. The van der Waals surface area contributed by atoms with Crippen molar-refractivity contribution in [1.82, 2.24) is 9.80 Å². The van der Waals surface area contributed by atoms with Gasteiger partial charge in [0.15, 0.2) is 5.66 Å². The average Bonchev–Trinajstić information content (AvgIpc) is 3.20. The lowest BCUT2D eigenvalue weighted by molar-refractivity contribution is -0.130. The highest BCUT2D eigenvalue weighted by Gasteiger charge is 2.40. The van der Waals surface area contributed by atoms with Crippen molar-refractivity contribution in [2.45, 2.75) is 37.8 Å². The molecule has 0 aromatic rings. The van der Waals surface area contributed by atoms with E-state index in [1.807, 2.05) is 4.90 Å². The summed E-state index contributed by atoms with van der Waals surface area (Å²) in [6.45, 7) is 6.58. The van der Waals surface area contributed by atoms with Crippen molar-refractivity contribution >= 4 is 5.91 Å². The summed E-state index contributed by atoms with van der Waals surface area (Å²) >= 11 is 0. The number of ether oxygens (including phenoxy) is 1. The Kier molecular flexibility index (Phi) is 5.29. The van der Waals surface area contributed by atoms with Gasteiger partial charge in [0, 0.05) is 58.4 Å². The fourth-order valence-electron chi connectivity index (χ4n) is 3.49. The molecule has 1 unspecified atom stereocenters. The molecule has 0 aliphatic carbocycles. The first-order valence-corrected chi connectivity index (χ1v) is 8.66. The van der Waals surface area contributed by atoms with Gasteiger partial charge in [-0.2, -0.15) is 10.2 Å². The lowest BCUT2D eigenvalue weighted by atomic mass is 10.0. The maximum atomic E-state index is 12.4. The van der Waals surface area contributed by atoms with Crippen molar-refractivity contribution in [3.63, 3.8) is 0 Å². The number of hydrogen-bond donors (Lipinski definition) is 0. The summed E-state index contributed by atoms with van der Waals surface area (Å²) in [5.41, 5.74) is -0.338. The number of carbonyl (C=O) groups excluding carboxylic acids is 1. The summed E-state index contributed by atoms with van der Waals surface area (Å²) < 4.78 is 5.38. The highest BCUT2D eigenvalue weighted by molar-refractivity contribution is 5.76. The average molecular weight is 318 g/mol. The summed E-state index contributed by atoms with van der Waals surface area (Å²) in [7, 11) is 0. The monoisotopic (exact) mass is 318 g/mol. The number of amides is 1. The molecule has 3 heterocycles. The van der Waals surface area contributed by atoms with Crippen LogP contribution in [0.25, 0.3) is 0 Å². The molecular formula is C17H26N4O2. The minimum atomic E-state index is -0.338. The number of nitrogens with zero attached hydrogens (tertiary/aromatic N) is 4. The van der Waals surface area contributed by atoms with Crippen LogP contribution in [0.4, 0.5) is 0 Å². The second kappa shape index (κ2) is 7.41. The topological polar surface area (TPSA) is 57.5 Å². The van der Waals surface area contributed by atoms with Gasteiger partial charge in [0.2, 0.25) is 5.91 Å². The number of terminal acetylenes is 1. The second-order valence-corrected chi connectivity index (χ2v) is 6.79. The molecular weight excluding hydrogens is 292 g/mol. The first-order chi connectivity index (χ1) is 11.2. The van der Waals surface area contributed by atoms with Gasteiger partial charge in [-0.25, -0.2) is 0 Å². The van der Waals surface area contributed by atoms with Crippen LogP contribution in [0.1, 0.15) is 32.1 Å². The molecule has 2 saturated heterocycles. The summed E-state index contributed by atoms with van der Waals surface area (Å²) in [4.78, 5) is 16.9. The Morgan fingerprint density at radius 1 is 1.26 bits per heavy atom. The zero-order valence-corrected chi connectivity index (χ0v) is 13.7. The third kappa shape index (κ3) is 4.52. The molecule has 23 heavy (non-hydrogen) atoms. The van der Waals surface area contributed by atoms with Crippen molar-refractivity contribution in [1.29, 1.82) is 0 Å². The minimum Gasteiger partial charge on any atom is -0.379 e. The molecule has 3 aliphatic rings. The lowest BCUT2D eigenvalue weighted by Crippen LogP contribution is -2.40. The number of carbonyl (C=O) groups is 1. The van der Waals surface area contributed by atoms with Gasteiger partial charge in [-0.15, -0.1) is 12.3 Å². The van der Waals surface area contributed by atoms with Crippen LogP contribution < -0.4 is 0 Å². The quantitative estimate of drug-likeness (QED) is 0.669. The van der Waals surface area contributed by atoms with Crippen molar-refractivity contribution in [2.24, 2.45) is 16.1 Å². The minimum absolute atomic E-state index is 0.242. The Morgan fingerprint density at radius 2 is 2.04 bits per heavy atom. The van der Waals surface area contributed by atoms with Gasteiger partial charge in [0.25, 0.3) is 0 Å². The first-order valence-electron chi connectivity index (χ1n) is 8.66. The van der Waals surface area contributed by atoms with E-state index in [-0.39, 0.29) is 11.6 Å². The highest BCUT2D eigenvalue weighted by Crippen LogP contribution is 2.37. The van der Waals surface area contributed by atoms with E-state index < -0.39 is 0 Å². The van der Waals surface area contributed by atoms with Crippen LogP contribution in [-0.2, 0) is 9.53 Å². The largest absolute Gasteiger partial charge is 0.379 e. The van der Waals surface area contributed by atoms with Crippen LogP contribution in [0.15, 0.2) is 10.2 Å². The van der Waals surface area contributed by atoms with Crippen LogP contribution in [-0.4, -0.2) is 67.3 Å². The summed E-state index contributed by atoms with van der Waals surface area (Å²) in [5.74, 6) is 3.46. The molecule has 0 spiro atoms. The molecule has 1 atom stereocenters. The van der Waals surface area contributed by atoms with Crippen LogP contribution in [0.5, 0.6) is 0 Å². The van der Waals surface area contributed by atoms with Crippen molar-refractivity contribution in [2.75, 3.05) is 45.9 Å². The maximum Gasteiger partial charge on any atom is 0.222 e. The third-order valence-corrected chi connectivity index (χ3v) is 5.05. The van der Waals surface area contributed by atoms with Crippen LogP contribution >= 0.6 is 0 Å². The van der Waals surface area contributed by atoms with E-state index in [1.54, 1.807) is 0 Å². The van der Waals surface area contributed by atoms with Gasteiger partial charge < -0.3 is 9.64 Å². The van der Waals surface area contributed by atoms with E-state index in [1.165, 1.54) is 0 Å². The summed E-state index contributed by atoms with van der Waals surface area (Å²) in [6, 6.07) is 0. The van der Waals surface area contributed by atoms with E-state index in [2.05, 4.69) is 21.0 Å². The fourth-order valence-corrected chi connectivity index (χ4v) is 3.49. The Morgan fingerprint density at radius 3 is 2.74 bits per heavy atom. The Bertz CT molecular complexity index is 487. The van der Waals surface area contributed by atoms with E-state index in [0.717, 1.165) is 58.8 Å². The SMILES string of the molecule is C#CCCC1(CCC(=O)N2CCC(CN3CCOCC3)C2)N=N1. The van der Waals surface area contributed by atoms with Crippen molar-refractivity contribution in [3.8, 4) is 12.3 Å². The normalized spacial score (nSPS) is 26.2. The molecule has 3 rings (SSSR count). The number of rotatable bonds is 7. The Hall–Kier alpha value is -1.45. The molecule has 0 saturated carbocycles. The standard InChI is InChI=1S/C17H26N4O2/c1-2-3-6-17(18-19-17)7-4-16(22)21-8-5-15(14-21)13-20-9-11-23-12-10-20/h1,15H,3-14H2. The van der Waals surface area contributed by atoms with Gasteiger partial charge >= 0.3 is 0 Å². The van der Waals surface area contributed by atoms with Gasteiger partial charge in [0.1, 0.15) is 0 Å². The molecule has 3 aliphatic heterocycles. The molecule has 0 aromatic carbocycles. The predicted molar refractivity (Wildman–Crippen MR) is 86.8 cm³/mol. The van der Waals surface area contributed by atoms with E-state index in [4.69, 9.17) is 11.2 Å². The third-order valence-electron chi connectivity index (χ3n) is 5.05. The smallest absolute Gasteiger partial charge is 0.222 e. The molecule has 0 aromatic heterocycles. The number of hydrogen-bond acceptors (Lipinski definition) is 5. The van der Waals surface area contributed by atoms with E-state index in [9.17, 15) is 4.79 Å². The fraction of sp³-hybridized carbons (Fsp3) is 0.824. The maximum absolute atomic E-state index is 12.4. The molecule has 6 nitrogen and oxygen atoms in total. The zero-order chi connectivity index (χ0) is 16.1. The summed E-state index contributed by atoms with van der Waals surface area (Å²) in [6.07, 6.45) is 9.09. The first kappa shape index (κ1) is 16.4. The van der Waals surface area contributed by atoms with Gasteiger partial charge in [-0.1, -0.05) is 0 Å². The van der Waals surface area contributed by atoms with Gasteiger partial charge in [-0.05, 0) is 12.3 Å². The molecule has 0 bridgehead atoms. The zero-order valence-electron chi connectivity index (χ0n) is 13.7. The molecule has 2 fully saturated rings. The van der Waals surface area contributed by atoms with Gasteiger partial charge in [0.05, 0.1) is 13.2 Å². The molecule has 0 radical (unpaired) electrons. The number of likely N-dealkylation sites (tertiary alicyclic amines) is 1. The molecule has 126 valence electrons. The van der Waals surface area contributed by atoms with E-state index >= 15 is 0 Å². The molecule has 0 N–H and O–H groups in total. The summed E-state index contributed by atoms with van der Waals surface area (Å²) in [5, 5.41) is 8.20. The van der Waals surface area contributed by atoms with E-state index in [0.29, 0.717) is 25.2 Å². The van der Waals surface area contributed by atoms with Crippen molar-refractivity contribution < 1.29 is 9.53 Å². The van der Waals surface area contributed by atoms with Crippen LogP contribution in [0, 0.1) is 18.3 Å². The highest BCUT2D eigenvalue weighted by atomic mass is 16.5. The van der Waals surface area contributed by atoms with Crippen LogP contribution in [0.3, 0.4) is 0 Å².